The topological polar surface area (TPSA) is 26.3 Å². The van der Waals surface area contributed by atoms with Crippen LogP contribution in [-0.2, 0) is 9.53 Å². The highest BCUT2D eigenvalue weighted by Crippen LogP contribution is 2.77. The number of rotatable bonds is 3. The van der Waals surface area contributed by atoms with Crippen LogP contribution in [-0.4, -0.2) is 12.1 Å². The molecule has 0 aromatic heterocycles. The van der Waals surface area contributed by atoms with Crippen LogP contribution < -0.4 is 0 Å². The van der Waals surface area contributed by atoms with Gasteiger partial charge in [0, 0.05) is 5.41 Å². The van der Waals surface area contributed by atoms with Crippen molar-refractivity contribution in [2.24, 2.45) is 56.7 Å². The Morgan fingerprint density at radius 3 is 2.26 bits per heavy atom. The van der Waals surface area contributed by atoms with Crippen molar-refractivity contribution in [3.63, 3.8) is 0 Å². The smallest absolute Gasteiger partial charge is 0.309 e. The lowest BCUT2D eigenvalue weighted by Gasteiger charge is -2.73. The first-order valence-electron chi connectivity index (χ1n) is 16.1. The first-order valence-corrected chi connectivity index (χ1v) is 16.1. The summed E-state index contributed by atoms with van der Waals surface area (Å²) in [6.07, 6.45) is 15.5. The standard InChI is InChI=1S/C36H58O2/c1-23(2)11-14-30(37)38-29-17-19-34(8)27(32(29,5)6)16-20-36(10)28(34)13-12-26-31-25(4)24(3)15-18-33(31,7)21-22-35(26,36)9/h11,24,26-29,31H,4,12-22H2,1-3,5-10H3. The molecule has 214 valence electrons. The Bertz CT molecular complexity index is 1000. The van der Waals surface area contributed by atoms with E-state index in [2.05, 4.69) is 62.3 Å². The summed E-state index contributed by atoms with van der Waals surface area (Å²) in [5.74, 6) is 3.51. The van der Waals surface area contributed by atoms with Crippen LogP contribution in [0.3, 0.4) is 0 Å². The van der Waals surface area contributed by atoms with Crippen molar-refractivity contribution in [2.75, 3.05) is 0 Å². The van der Waals surface area contributed by atoms with E-state index in [1.54, 1.807) is 5.57 Å². The van der Waals surface area contributed by atoms with E-state index in [1.807, 2.05) is 6.08 Å². The summed E-state index contributed by atoms with van der Waals surface area (Å²) in [7, 11) is 0. The van der Waals surface area contributed by atoms with Crippen LogP contribution in [0.5, 0.6) is 0 Å². The Kier molecular flexibility index (Phi) is 6.92. The fourth-order valence-corrected chi connectivity index (χ4v) is 11.9. The van der Waals surface area contributed by atoms with Crippen molar-refractivity contribution >= 4 is 5.97 Å². The highest BCUT2D eigenvalue weighted by atomic mass is 16.5. The van der Waals surface area contributed by atoms with Gasteiger partial charge >= 0.3 is 5.97 Å². The largest absolute Gasteiger partial charge is 0.462 e. The molecular weight excluding hydrogens is 464 g/mol. The highest BCUT2D eigenvalue weighted by Gasteiger charge is 2.69. The maximum atomic E-state index is 12.7. The number of fused-ring (bicyclic) bond motifs is 7. The monoisotopic (exact) mass is 522 g/mol. The molecule has 0 aliphatic heterocycles. The van der Waals surface area contributed by atoms with E-state index < -0.39 is 0 Å². The SMILES string of the molecule is C=C1C(C)CCC2(C)CCC3(C)C(CCC4C5(C)CCC(OC(=O)CC=C(C)C)C(C)(C)C5CCC43C)C12. The Balaban J connectivity index is 1.42. The summed E-state index contributed by atoms with van der Waals surface area (Å²) in [4.78, 5) is 12.7. The molecule has 5 fully saturated rings. The van der Waals surface area contributed by atoms with E-state index in [0.29, 0.717) is 45.8 Å². The molecule has 0 N–H and O–H groups in total. The Morgan fingerprint density at radius 2 is 1.58 bits per heavy atom. The van der Waals surface area contributed by atoms with Crippen molar-refractivity contribution in [3.8, 4) is 0 Å². The van der Waals surface area contributed by atoms with Crippen molar-refractivity contribution < 1.29 is 9.53 Å². The predicted molar refractivity (Wildman–Crippen MR) is 159 cm³/mol. The second kappa shape index (κ2) is 9.24. The van der Waals surface area contributed by atoms with Crippen LogP contribution in [0, 0.1) is 56.7 Å². The minimum Gasteiger partial charge on any atom is -0.462 e. The predicted octanol–water partition coefficient (Wildman–Crippen LogP) is 9.93. The molecule has 5 aliphatic carbocycles. The van der Waals surface area contributed by atoms with Crippen LogP contribution >= 0.6 is 0 Å². The average Bonchev–Trinajstić information content (AvgIpc) is 2.83. The van der Waals surface area contributed by atoms with Gasteiger partial charge in [0.05, 0.1) is 6.42 Å². The maximum absolute atomic E-state index is 12.7. The molecule has 2 nitrogen and oxygen atoms in total. The number of ether oxygens (including phenoxy) is 1. The van der Waals surface area contributed by atoms with Gasteiger partial charge in [-0.05, 0) is 129 Å². The van der Waals surface area contributed by atoms with Gasteiger partial charge in [0.2, 0.25) is 0 Å². The van der Waals surface area contributed by atoms with Gasteiger partial charge in [0.25, 0.3) is 0 Å². The molecule has 0 saturated heterocycles. The van der Waals surface area contributed by atoms with Gasteiger partial charge < -0.3 is 4.74 Å². The van der Waals surface area contributed by atoms with Crippen molar-refractivity contribution in [2.45, 2.75) is 139 Å². The molecule has 5 rings (SSSR count). The zero-order valence-corrected chi connectivity index (χ0v) is 26.3. The fourth-order valence-electron chi connectivity index (χ4n) is 11.9. The summed E-state index contributed by atoms with van der Waals surface area (Å²) < 4.78 is 6.22. The van der Waals surface area contributed by atoms with E-state index in [0.717, 1.165) is 18.3 Å². The molecule has 10 unspecified atom stereocenters. The lowest BCUT2D eigenvalue weighted by molar-refractivity contribution is -0.248. The molecule has 10 atom stereocenters. The average molecular weight is 523 g/mol. The molecule has 0 heterocycles. The van der Waals surface area contributed by atoms with Crippen molar-refractivity contribution in [3.05, 3.63) is 23.8 Å². The minimum absolute atomic E-state index is 0.0188. The molecule has 0 aromatic rings. The van der Waals surface area contributed by atoms with E-state index in [4.69, 9.17) is 11.3 Å². The molecule has 5 aliphatic rings. The lowest BCUT2D eigenvalue weighted by Crippen LogP contribution is -2.67. The third kappa shape index (κ3) is 3.95. The molecular formula is C36H58O2. The van der Waals surface area contributed by atoms with Crippen molar-refractivity contribution in [1.29, 1.82) is 0 Å². The van der Waals surface area contributed by atoms with Crippen LogP contribution in [0.15, 0.2) is 23.8 Å². The highest BCUT2D eigenvalue weighted by molar-refractivity contribution is 5.71. The Labute approximate surface area is 234 Å². The van der Waals surface area contributed by atoms with Crippen LogP contribution in [0.25, 0.3) is 0 Å². The molecule has 0 aromatic carbocycles. The number of carbonyl (C=O) groups excluding carboxylic acids is 1. The van der Waals surface area contributed by atoms with Gasteiger partial charge in [-0.3, -0.25) is 4.79 Å². The van der Waals surface area contributed by atoms with Crippen molar-refractivity contribution in [1.82, 2.24) is 0 Å². The third-order valence-electron chi connectivity index (χ3n) is 14.4. The summed E-state index contributed by atoms with van der Waals surface area (Å²) in [5, 5.41) is 0. The summed E-state index contributed by atoms with van der Waals surface area (Å²) in [6.45, 7) is 26.9. The quantitative estimate of drug-likeness (QED) is 0.272. The number of esters is 1. The second-order valence-electron chi connectivity index (χ2n) is 16.6. The lowest BCUT2D eigenvalue weighted by atomic mass is 9.31. The number of hydrogen-bond donors (Lipinski definition) is 0. The number of allylic oxidation sites excluding steroid dienone is 2. The van der Waals surface area contributed by atoms with Gasteiger partial charge in [0.1, 0.15) is 6.10 Å². The second-order valence-corrected chi connectivity index (χ2v) is 16.6. The summed E-state index contributed by atoms with van der Waals surface area (Å²) in [5.41, 5.74) is 4.36. The van der Waals surface area contributed by atoms with E-state index >= 15 is 0 Å². The molecule has 5 saturated carbocycles. The molecule has 38 heavy (non-hydrogen) atoms. The maximum Gasteiger partial charge on any atom is 0.309 e. The third-order valence-corrected chi connectivity index (χ3v) is 14.4. The van der Waals surface area contributed by atoms with Crippen LogP contribution in [0.4, 0.5) is 0 Å². The van der Waals surface area contributed by atoms with E-state index in [-0.39, 0.29) is 17.5 Å². The first-order chi connectivity index (χ1) is 17.6. The van der Waals surface area contributed by atoms with Gasteiger partial charge in [-0.25, -0.2) is 0 Å². The summed E-state index contributed by atoms with van der Waals surface area (Å²) in [6, 6.07) is 0. The van der Waals surface area contributed by atoms with Crippen LogP contribution in [0.2, 0.25) is 0 Å². The number of carbonyl (C=O) groups is 1. The first kappa shape index (κ1) is 28.5. The Hall–Kier alpha value is -1.05. The fraction of sp³-hybridized carbons (Fsp3) is 0.861. The normalized spacial score (nSPS) is 49.6. The molecule has 0 bridgehead atoms. The van der Waals surface area contributed by atoms with Gasteiger partial charge in [-0.15, -0.1) is 0 Å². The van der Waals surface area contributed by atoms with E-state index in [1.165, 1.54) is 63.4 Å². The van der Waals surface area contributed by atoms with E-state index in [9.17, 15) is 4.79 Å². The molecule has 0 amide bonds. The molecule has 0 radical (unpaired) electrons. The zero-order chi connectivity index (χ0) is 27.9. The Morgan fingerprint density at radius 1 is 0.868 bits per heavy atom. The van der Waals surface area contributed by atoms with Gasteiger partial charge in [0.15, 0.2) is 0 Å². The summed E-state index contributed by atoms with van der Waals surface area (Å²) >= 11 is 0. The zero-order valence-electron chi connectivity index (χ0n) is 26.3. The molecule has 0 spiro atoms. The minimum atomic E-state index is -0.0475. The van der Waals surface area contributed by atoms with Crippen LogP contribution in [0.1, 0.15) is 133 Å². The molecule has 2 heteroatoms. The number of hydrogen-bond acceptors (Lipinski definition) is 2. The van der Waals surface area contributed by atoms with Gasteiger partial charge in [-0.1, -0.05) is 72.3 Å². The van der Waals surface area contributed by atoms with Gasteiger partial charge in [-0.2, -0.15) is 0 Å².